The second-order valence-electron chi connectivity index (χ2n) is 5.39. The van der Waals surface area contributed by atoms with Crippen molar-refractivity contribution in [2.45, 2.75) is 27.2 Å². The van der Waals surface area contributed by atoms with Gasteiger partial charge in [-0.25, -0.2) is 4.79 Å². The fraction of sp³-hybridized carbons (Fsp3) is 0.818. The normalized spacial score (nSPS) is 12.3. The number of carbonyl (C=O) groups excluding carboxylic acids is 1. The number of carboxylic acid groups (broad SMARTS) is 1. The van der Waals surface area contributed by atoms with E-state index in [9.17, 15) is 9.59 Å². The number of aliphatic carboxylic acids is 1. The number of hydrogen-bond acceptors (Lipinski definition) is 2. The Bertz CT molecular complexity index is 272. The van der Waals surface area contributed by atoms with Crippen LogP contribution in [0.3, 0.4) is 0 Å². The van der Waals surface area contributed by atoms with Gasteiger partial charge in [0.2, 0.25) is 5.91 Å². The van der Waals surface area contributed by atoms with E-state index in [0.717, 1.165) is 6.42 Å². The lowest BCUT2D eigenvalue weighted by Gasteiger charge is -2.30. The zero-order chi connectivity index (χ0) is 13.0. The van der Waals surface area contributed by atoms with Gasteiger partial charge in [-0.3, -0.25) is 4.79 Å². The number of carbonyl (C=O) groups is 2. The van der Waals surface area contributed by atoms with Crippen LogP contribution >= 0.6 is 0 Å². The zero-order valence-electron chi connectivity index (χ0n) is 10.8. The highest BCUT2D eigenvalue weighted by Crippen LogP contribution is 2.19. The molecule has 0 spiro atoms. The second kappa shape index (κ2) is 5.30. The van der Waals surface area contributed by atoms with E-state index in [1.807, 2.05) is 20.8 Å². The van der Waals surface area contributed by atoms with Gasteiger partial charge in [0.25, 0.3) is 0 Å². The third-order valence-electron chi connectivity index (χ3n) is 2.73. The van der Waals surface area contributed by atoms with Gasteiger partial charge in [-0.05, 0) is 6.42 Å². The van der Waals surface area contributed by atoms with Crippen LogP contribution in [-0.4, -0.2) is 48.8 Å². The molecular formula is C11H23N2O3+. The van der Waals surface area contributed by atoms with Crippen molar-refractivity contribution in [1.82, 2.24) is 5.32 Å². The van der Waals surface area contributed by atoms with Crippen LogP contribution in [0.5, 0.6) is 0 Å². The number of nitrogens with zero attached hydrogens (tertiary/aromatic N) is 1. The summed E-state index contributed by atoms with van der Waals surface area (Å²) in [5, 5.41) is 11.5. The Morgan fingerprint density at radius 2 is 1.81 bits per heavy atom. The highest BCUT2D eigenvalue weighted by molar-refractivity contribution is 5.81. The molecule has 0 atom stereocenters. The highest BCUT2D eigenvalue weighted by Gasteiger charge is 2.27. The largest absolute Gasteiger partial charge is 0.477 e. The van der Waals surface area contributed by atoms with E-state index in [-0.39, 0.29) is 16.9 Å². The fourth-order valence-electron chi connectivity index (χ4n) is 1.11. The van der Waals surface area contributed by atoms with Crippen LogP contribution in [0.15, 0.2) is 0 Å². The summed E-state index contributed by atoms with van der Waals surface area (Å²) in [5.74, 6) is -0.902. The molecular weight excluding hydrogens is 211 g/mol. The second-order valence-corrected chi connectivity index (χ2v) is 5.39. The van der Waals surface area contributed by atoms with Crippen LogP contribution in [0, 0.1) is 5.41 Å². The number of rotatable bonds is 6. The molecule has 1 amide bonds. The number of amides is 1. The quantitative estimate of drug-likeness (QED) is 0.307. The summed E-state index contributed by atoms with van der Waals surface area (Å²) >= 11 is 0. The number of hydrogen-bond donors (Lipinski definition) is 2. The van der Waals surface area contributed by atoms with Crippen LogP contribution < -0.4 is 5.32 Å². The Morgan fingerprint density at radius 1 is 1.31 bits per heavy atom. The van der Waals surface area contributed by atoms with Crippen LogP contribution in [0.1, 0.15) is 27.2 Å². The standard InChI is InChI=1S/C11H22N2O3/c1-6-11(2,3)10(16)12-8-13(4,5)7-9(14)15/h6-8H2,1-5H3,(H-,12,14,15,16)/p+1/i4+1,5+1,13+1. The first-order chi connectivity index (χ1) is 7.10. The average molecular weight is 234 g/mol. The molecule has 0 saturated carbocycles. The molecule has 0 saturated heterocycles. The van der Waals surface area contributed by atoms with Gasteiger partial charge >= 0.3 is 5.97 Å². The molecule has 0 aliphatic carbocycles. The maximum Gasteiger partial charge on any atom is 0.359 e. The first kappa shape index (κ1) is 14.9. The molecule has 0 rings (SSSR count). The summed E-state index contributed by atoms with van der Waals surface area (Å²) in [6, 6.07) is 0. The molecule has 0 aromatic heterocycles. The van der Waals surface area contributed by atoms with Crippen LogP contribution in [0.4, 0.5) is 0 Å². The minimum absolute atomic E-state index is 0.00711. The minimum atomic E-state index is -0.867. The van der Waals surface area contributed by atoms with Crippen molar-refractivity contribution < 1.29 is 19.2 Å². The predicted octanol–water partition coefficient (Wildman–Crippen LogP) is 0.657. The lowest BCUT2D eigenvalue weighted by molar-refractivity contribution is -0.884. The van der Waals surface area contributed by atoms with Crippen molar-refractivity contribution >= 4 is 11.9 Å². The summed E-state index contributed by atoms with van der Waals surface area (Å²) in [6.45, 7) is 6.03. The van der Waals surface area contributed by atoms with E-state index in [4.69, 9.17) is 5.11 Å². The molecule has 0 aliphatic heterocycles. The van der Waals surface area contributed by atoms with Crippen LogP contribution in [0.25, 0.3) is 0 Å². The van der Waals surface area contributed by atoms with Gasteiger partial charge in [-0.2, -0.15) is 0 Å². The Labute approximate surface area is 97.0 Å². The summed E-state index contributed by atoms with van der Waals surface area (Å²) in [6.07, 6.45) is 0.755. The van der Waals surface area contributed by atoms with E-state index in [0.29, 0.717) is 6.67 Å². The van der Waals surface area contributed by atoms with Gasteiger partial charge in [0, 0.05) is 5.41 Å². The fourth-order valence-corrected chi connectivity index (χ4v) is 1.11. The number of nitrogens with one attached hydrogen (secondary N) is 1. The van der Waals surface area contributed by atoms with E-state index in [2.05, 4.69) is 5.32 Å². The average Bonchev–Trinajstić information content (AvgIpc) is 2.12. The molecule has 5 heteroatoms. The lowest BCUT2D eigenvalue weighted by atomic mass is 9.89. The van der Waals surface area contributed by atoms with Crippen molar-refractivity contribution in [1.29, 1.82) is 0 Å². The SMILES string of the molecule is CCC(C)(C)C(=O)NC[15N+]([13CH3])([13CH3])CC(=O)O. The minimum Gasteiger partial charge on any atom is -0.477 e. The monoisotopic (exact) mass is 234 g/mol. The summed E-state index contributed by atoms with van der Waals surface area (Å²) < 4.78 is 0.237. The van der Waals surface area contributed by atoms with Crippen molar-refractivity contribution in [3.63, 3.8) is 0 Å². The van der Waals surface area contributed by atoms with E-state index < -0.39 is 11.4 Å². The summed E-state index contributed by atoms with van der Waals surface area (Å²) in [5.41, 5.74) is -0.400. The van der Waals surface area contributed by atoms with E-state index >= 15 is 0 Å². The maximum absolute atomic E-state index is 11.8. The molecule has 0 heterocycles. The molecule has 16 heavy (non-hydrogen) atoms. The molecule has 94 valence electrons. The van der Waals surface area contributed by atoms with Crippen molar-refractivity contribution in [3.8, 4) is 0 Å². The number of likely N-dealkylation sites (N-methyl/N-ethyl adjacent to an activating group) is 1. The van der Waals surface area contributed by atoms with Gasteiger partial charge in [-0.15, -0.1) is 0 Å². The molecule has 5 nitrogen and oxygen atoms in total. The highest BCUT2D eigenvalue weighted by atomic mass is 16.4. The Balaban J connectivity index is 4.25. The predicted molar refractivity (Wildman–Crippen MR) is 61.7 cm³/mol. The molecule has 0 aromatic rings. The molecule has 0 radical (unpaired) electrons. The number of quaternary nitrogens is 1. The maximum atomic E-state index is 11.8. The molecule has 2 N–H and O–H groups in total. The van der Waals surface area contributed by atoms with E-state index in [1.165, 1.54) is 0 Å². The van der Waals surface area contributed by atoms with Crippen molar-refractivity contribution in [3.05, 3.63) is 0 Å². The third-order valence-corrected chi connectivity index (χ3v) is 2.73. The first-order valence-corrected chi connectivity index (χ1v) is 5.43. The molecule has 0 fully saturated rings. The van der Waals surface area contributed by atoms with Crippen LogP contribution in [-0.2, 0) is 9.59 Å². The van der Waals surface area contributed by atoms with Gasteiger partial charge in [0.05, 0.1) is 14.1 Å². The summed E-state index contributed by atoms with van der Waals surface area (Å²) in [4.78, 5) is 22.3. The topological polar surface area (TPSA) is 66.4 Å². The Morgan fingerprint density at radius 3 is 2.19 bits per heavy atom. The Kier molecular flexibility index (Phi) is 4.93. The van der Waals surface area contributed by atoms with Crippen molar-refractivity contribution in [2.75, 3.05) is 27.3 Å². The van der Waals surface area contributed by atoms with Crippen molar-refractivity contribution in [2.24, 2.45) is 5.41 Å². The van der Waals surface area contributed by atoms with E-state index in [1.54, 1.807) is 14.1 Å². The first-order valence-electron chi connectivity index (χ1n) is 5.43. The molecule has 0 aromatic carbocycles. The molecule has 0 unspecified atom stereocenters. The molecule has 0 bridgehead atoms. The summed E-state index contributed by atoms with van der Waals surface area (Å²) in [7, 11) is 3.54. The van der Waals surface area contributed by atoms with Gasteiger partial charge in [0.15, 0.2) is 13.2 Å². The lowest BCUT2D eigenvalue weighted by Crippen LogP contribution is -2.52. The molecule has 0 aliphatic rings. The smallest absolute Gasteiger partial charge is 0.359 e. The van der Waals surface area contributed by atoms with Gasteiger partial charge in [-0.1, -0.05) is 20.8 Å². The third kappa shape index (κ3) is 5.11. The van der Waals surface area contributed by atoms with Gasteiger partial charge in [0.1, 0.15) is 0 Å². The van der Waals surface area contributed by atoms with Gasteiger partial charge < -0.3 is 14.9 Å². The zero-order valence-corrected chi connectivity index (χ0v) is 10.8. The van der Waals surface area contributed by atoms with Crippen LogP contribution in [0.2, 0.25) is 0 Å². The number of carboxylic acids is 1. The Hall–Kier alpha value is -1.10.